The van der Waals surface area contributed by atoms with Crippen molar-refractivity contribution in [1.82, 2.24) is 20.2 Å². The van der Waals surface area contributed by atoms with Gasteiger partial charge in [-0.3, -0.25) is 0 Å². The number of nitrogens with one attached hydrogen (secondary N) is 1. The van der Waals surface area contributed by atoms with Gasteiger partial charge < -0.3 is 19.2 Å². The zero-order valence-corrected chi connectivity index (χ0v) is 14.1. The van der Waals surface area contributed by atoms with Crippen LogP contribution in [-0.2, 0) is 0 Å². The Morgan fingerprint density at radius 3 is 2.68 bits per heavy atom. The van der Waals surface area contributed by atoms with Crippen LogP contribution in [-0.4, -0.2) is 34.4 Å². The van der Waals surface area contributed by atoms with E-state index >= 15 is 0 Å². The summed E-state index contributed by atoms with van der Waals surface area (Å²) in [7, 11) is 3.22. The Bertz CT molecular complexity index is 943. The molecule has 0 amide bonds. The molecule has 8 nitrogen and oxygen atoms in total. The van der Waals surface area contributed by atoms with Crippen molar-refractivity contribution >= 4 is 11.6 Å². The molecule has 2 aromatic heterocycles. The number of fused-ring (bicyclic) bond motifs is 1. The fraction of sp³-hybridized carbons (Fsp3) is 0.235. The number of hydrogen-bond donors (Lipinski definition) is 1. The van der Waals surface area contributed by atoms with Crippen LogP contribution >= 0.6 is 0 Å². The van der Waals surface area contributed by atoms with Gasteiger partial charge in [0.1, 0.15) is 17.6 Å². The van der Waals surface area contributed by atoms with E-state index in [4.69, 9.17) is 13.9 Å². The van der Waals surface area contributed by atoms with Crippen LogP contribution in [0.3, 0.4) is 0 Å². The minimum Gasteiger partial charge on any atom is -0.493 e. The molecule has 8 heteroatoms. The van der Waals surface area contributed by atoms with Gasteiger partial charge in [0.25, 0.3) is 0 Å². The van der Waals surface area contributed by atoms with Crippen LogP contribution in [0.5, 0.6) is 11.5 Å². The zero-order chi connectivity index (χ0) is 17.4. The number of benzene rings is 1. The Labute approximate surface area is 144 Å². The molecular weight excluding hydrogens is 322 g/mol. The lowest BCUT2D eigenvalue weighted by Crippen LogP contribution is -2.20. The number of aromatic nitrogens is 4. The molecule has 0 fully saturated rings. The third-order valence-electron chi connectivity index (χ3n) is 4.07. The van der Waals surface area contributed by atoms with E-state index in [1.807, 2.05) is 43.3 Å². The highest BCUT2D eigenvalue weighted by atomic mass is 16.5. The molecule has 3 aromatic rings. The van der Waals surface area contributed by atoms with Gasteiger partial charge in [-0.25, -0.2) is 0 Å². The van der Waals surface area contributed by atoms with Gasteiger partial charge in [0, 0.05) is 11.3 Å². The van der Waals surface area contributed by atoms with E-state index in [9.17, 15) is 0 Å². The Morgan fingerprint density at radius 1 is 1.12 bits per heavy atom. The fourth-order valence-corrected chi connectivity index (χ4v) is 2.84. The highest BCUT2D eigenvalue weighted by Crippen LogP contribution is 2.35. The van der Waals surface area contributed by atoms with Crippen molar-refractivity contribution in [1.29, 1.82) is 0 Å². The predicted molar refractivity (Wildman–Crippen MR) is 90.5 cm³/mol. The normalized spacial score (nSPS) is 16.0. The molecule has 1 aliphatic rings. The number of rotatable bonds is 4. The van der Waals surface area contributed by atoms with Crippen LogP contribution in [0, 0.1) is 6.92 Å². The monoisotopic (exact) mass is 339 g/mol. The number of anilines is 1. The van der Waals surface area contributed by atoms with Gasteiger partial charge in [-0.1, -0.05) is 5.10 Å². The first kappa shape index (κ1) is 15.3. The first-order valence-electron chi connectivity index (χ1n) is 7.75. The smallest absolute Gasteiger partial charge is 0.248 e. The molecule has 0 aliphatic carbocycles. The molecule has 128 valence electrons. The molecule has 1 atom stereocenters. The molecule has 0 radical (unpaired) electrons. The number of ether oxygens (including phenoxy) is 2. The fourth-order valence-electron chi connectivity index (χ4n) is 2.84. The minimum absolute atomic E-state index is 0.233. The van der Waals surface area contributed by atoms with Crippen LogP contribution < -0.4 is 14.8 Å². The minimum atomic E-state index is -0.233. The molecule has 0 saturated carbocycles. The van der Waals surface area contributed by atoms with Crippen LogP contribution in [0.25, 0.3) is 5.70 Å². The molecule has 1 unspecified atom stereocenters. The summed E-state index contributed by atoms with van der Waals surface area (Å²) in [5, 5.41) is 15.1. The van der Waals surface area contributed by atoms with Gasteiger partial charge in [-0.2, -0.15) is 4.68 Å². The van der Waals surface area contributed by atoms with E-state index in [0.29, 0.717) is 17.4 Å². The molecule has 0 saturated heterocycles. The summed E-state index contributed by atoms with van der Waals surface area (Å²) in [6, 6.07) is 9.33. The van der Waals surface area contributed by atoms with Crippen molar-refractivity contribution in [2.24, 2.45) is 0 Å². The number of methoxy groups -OCH3 is 2. The van der Waals surface area contributed by atoms with Crippen molar-refractivity contribution in [3.8, 4) is 11.5 Å². The standard InChI is InChI=1S/C17H17N5O3/c1-10-4-6-14(25-10)13-9-12(18-17-19-20-21-22(13)17)11-5-7-15(23-2)16(8-11)24-3/h4-9,13H,1-3H3,(H,18,19,21). The lowest BCUT2D eigenvalue weighted by molar-refractivity contribution is 0.355. The van der Waals surface area contributed by atoms with Crippen LogP contribution in [0.2, 0.25) is 0 Å². The topological polar surface area (TPSA) is 87.2 Å². The highest BCUT2D eigenvalue weighted by Gasteiger charge is 2.26. The second-order valence-electron chi connectivity index (χ2n) is 5.62. The maximum atomic E-state index is 5.78. The molecular formula is C17H17N5O3. The molecule has 25 heavy (non-hydrogen) atoms. The van der Waals surface area contributed by atoms with Crippen molar-refractivity contribution < 1.29 is 13.9 Å². The molecule has 0 bridgehead atoms. The van der Waals surface area contributed by atoms with Gasteiger partial charge in [0.15, 0.2) is 11.5 Å². The van der Waals surface area contributed by atoms with Gasteiger partial charge in [-0.15, -0.1) is 0 Å². The maximum absolute atomic E-state index is 5.78. The molecule has 1 N–H and O–H groups in total. The van der Waals surface area contributed by atoms with Crippen LogP contribution in [0.4, 0.5) is 5.95 Å². The quantitative estimate of drug-likeness (QED) is 0.782. The summed E-state index contributed by atoms with van der Waals surface area (Å²) >= 11 is 0. The third-order valence-corrected chi connectivity index (χ3v) is 4.07. The van der Waals surface area contributed by atoms with Gasteiger partial charge in [0.05, 0.1) is 14.2 Å². The first-order chi connectivity index (χ1) is 12.2. The summed E-state index contributed by atoms with van der Waals surface area (Å²) in [6.07, 6.45) is 2.02. The van der Waals surface area contributed by atoms with E-state index in [1.54, 1.807) is 18.9 Å². The van der Waals surface area contributed by atoms with Crippen molar-refractivity contribution in [2.45, 2.75) is 13.0 Å². The second-order valence-corrected chi connectivity index (χ2v) is 5.62. The van der Waals surface area contributed by atoms with Gasteiger partial charge in [-0.05, 0) is 53.8 Å². The third kappa shape index (κ3) is 2.61. The summed E-state index contributed by atoms with van der Waals surface area (Å²) in [5.41, 5.74) is 1.79. The lowest BCUT2D eigenvalue weighted by atomic mass is 10.1. The van der Waals surface area contributed by atoms with E-state index in [2.05, 4.69) is 20.8 Å². The summed E-state index contributed by atoms with van der Waals surface area (Å²) < 4.78 is 18.2. The Kier molecular flexibility index (Phi) is 3.64. The Balaban J connectivity index is 1.78. The number of tetrazole rings is 1. The van der Waals surface area contributed by atoms with Crippen molar-refractivity contribution in [3.05, 3.63) is 53.5 Å². The number of hydrogen-bond acceptors (Lipinski definition) is 7. The number of aryl methyl sites for hydroxylation is 1. The molecule has 0 spiro atoms. The predicted octanol–water partition coefficient (Wildman–Crippen LogP) is 2.65. The van der Waals surface area contributed by atoms with Crippen molar-refractivity contribution in [2.75, 3.05) is 19.5 Å². The average molecular weight is 339 g/mol. The zero-order valence-electron chi connectivity index (χ0n) is 14.1. The number of furan rings is 1. The van der Waals surface area contributed by atoms with Crippen LogP contribution in [0.1, 0.15) is 23.1 Å². The van der Waals surface area contributed by atoms with E-state index < -0.39 is 0 Å². The molecule has 3 heterocycles. The van der Waals surface area contributed by atoms with Gasteiger partial charge >= 0.3 is 0 Å². The molecule has 1 aromatic carbocycles. The second kappa shape index (κ2) is 5.97. The van der Waals surface area contributed by atoms with E-state index in [1.165, 1.54) is 0 Å². The highest BCUT2D eigenvalue weighted by molar-refractivity contribution is 5.78. The summed E-state index contributed by atoms with van der Waals surface area (Å²) in [4.78, 5) is 0. The first-order valence-corrected chi connectivity index (χ1v) is 7.75. The maximum Gasteiger partial charge on any atom is 0.248 e. The van der Waals surface area contributed by atoms with Crippen molar-refractivity contribution in [3.63, 3.8) is 0 Å². The van der Waals surface area contributed by atoms with E-state index in [-0.39, 0.29) is 6.04 Å². The average Bonchev–Trinajstić information content (AvgIpc) is 3.28. The summed E-state index contributed by atoms with van der Waals surface area (Å²) in [5.74, 6) is 3.48. The van der Waals surface area contributed by atoms with Gasteiger partial charge in [0.2, 0.25) is 5.95 Å². The number of nitrogens with zero attached hydrogens (tertiary/aromatic N) is 4. The molecule has 1 aliphatic heterocycles. The molecule has 4 rings (SSSR count). The Hall–Kier alpha value is -3.29. The Morgan fingerprint density at radius 2 is 1.96 bits per heavy atom. The van der Waals surface area contributed by atoms with Crippen LogP contribution in [0.15, 0.2) is 40.8 Å². The van der Waals surface area contributed by atoms with E-state index in [0.717, 1.165) is 22.8 Å². The number of allylic oxidation sites excluding steroid dienone is 1. The lowest BCUT2D eigenvalue weighted by Gasteiger charge is -2.22. The SMILES string of the molecule is COc1ccc(C2=CC(c3ccc(C)o3)n3nnnc3N2)cc1OC. The summed E-state index contributed by atoms with van der Waals surface area (Å²) in [6.45, 7) is 1.91. The largest absolute Gasteiger partial charge is 0.493 e.